The lowest BCUT2D eigenvalue weighted by Crippen LogP contribution is -2.19. The molecule has 164 valence electrons. The van der Waals surface area contributed by atoms with Gasteiger partial charge in [-0.2, -0.15) is 0 Å². The largest absolute Gasteiger partial charge is 0.497 e. The van der Waals surface area contributed by atoms with Crippen molar-refractivity contribution in [1.29, 1.82) is 0 Å². The third-order valence-corrected chi connectivity index (χ3v) is 5.31. The van der Waals surface area contributed by atoms with Gasteiger partial charge in [-0.3, -0.25) is 4.90 Å². The van der Waals surface area contributed by atoms with Crippen molar-refractivity contribution < 1.29 is 14.3 Å². The fourth-order valence-electron chi connectivity index (χ4n) is 3.77. The molecule has 2 aromatic heterocycles. The SMILES string of the molecule is CCOC(=O)c1ccc2nc(-c3ccc(OC)cc3)c(CN(C)Cc3ccccc3)n2c1. The Labute approximate surface area is 188 Å². The fraction of sp³-hybridized carbons (Fsp3) is 0.231. The van der Waals surface area contributed by atoms with Crippen LogP contribution in [0.4, 0.5) is 0 Å². The van der Waals surface area contributed by atoms with Crippen molar-refractivity contribution in [2.24, 2.45) is 0 Å². The fourth-order valence-corrected chi connectivity index (χ4v) is 3.77. The zero-order valence-electron chi connectivity index (χ0n) is 18.6. The maximum absolute atomic E-state index is 12.3. The van der Waals surface area contributed by atoms with Crippen LogP contribution in [-0.2, 0) is 17.8 Å². The Hall–Kier alpha value is -3.64. The maximum atomic E-state index is 12.3. The number of carbonyl (C=O) groups excluding carboxylic acids is 1. The van der Waals surface area contributed by atoms with E-state index in [2.05, 4.69) is 24.1 Å². The number of hydrogen-bond acceptors (Lipinski definition) is 5. The third-order valence-electron chi connectivity index (χ3n) is 5.31. The number of rotatable bonds is 8. The van der Waals surface area contributed by atoms with Crippen LogP contribution in [0.1, 0.15) is 28.5 Å². The first-order valence-corrected chi connectivity index (χ1v) is 10.6. The standard InChI is InChI=1S/C26H27N3O3/c1-4-32-26(30)21-12-15-24-27-25(20-10-13-22(31-3)14-11-20)23(29(24)17-21)18-28(2)16-19-8-6-5-7-9-19/h5-15,17H,4,16,18H2,1-3H3. The molecule has 0 unspecified atom stereocenters. The number of pyridine rings is 1. The van der Waals surface area contributed by atoms with Crippen molar-refractivity contribution in [3.05, 3.63) is 89.7 Å². The summed E-state index contributed by atoms with van der Waals surface area (Å²) < 4.78 is 12.5. The van der Waals surface area contributed by atoms with Gasteiger partial charge in [0, 0.05) is 24.8 Å². The molecule has 0 bridgehead atoms. The van der Waals surface area contributed by atoms with Crippen LogP contribution >= 0.6 is 0 Å². The van der Waals surface area contributed by atoms with Crippen molar-refractivity contribution in [2.75, 3.05) is 20.8 Å². The highest BCUT2D eigenvalue weighted by atomic mass is 16.5. The van der Waals surface area contributed by atoms with Crippen LogP contribution in [-0.4, -0.2) is 41.0 Å². The molecular weight excluding hydrogens is 402 g/mol. The summed E-state index contributed by atoms with van der Waals surface area (Å²) in [4.78, 5) is 19.5. The Bertz CT molecular complexity index is 1200. The van der Waals surface area contributed by atoms with Crippen LogP contribution in [0.25, 0.3) is 16.9 Å². The Balaban J connectivity index is 1.75. The number of nitrogens with zero attached hydrogens (tertiary/aromatic N) is 3. The van der Waals surface area contributed by atoms with E-state index >= 15 is 0 Å². The molecule has 0 N–H and O–H groups in total. The Morgan fingerprint density at radius 2 is 1.75 bits per heavy atom. The van der Waals surface area contributed by atoms with Gasteiger partial charge in [0.15, 0.2) is 0 Å². The Kier molecular flexibility index (Phi) is 6.52. The molecule has 4 rings (SSSR count). The molecule has 0 atom stereocenters. The zero-order valence-corrected chi connectivity index (χ0v) is 18.6. The van der Waals surface area contributed by atoms with E-state index in [4.69, 9.17) is 14.5 Å². The summed E-state index contributed by atoms with van der Waals surface area (Å²) in [5.74, 6) is 0.461. The second-order valence-electron chi connectivity index (χ2n) is 7.66. The first-order chi connectivity index (χ1) is 15.6. The van der Waals surface area contributed by atoms with Gasteiger partial charge in [0.05, 0.1) is 30.7 Å². The van der Waals surface area contributed by atoms with Crippen LogP contribution in [0, 0.1) is 0 Å². The number of hydrogen-bond donors (Lipinski definition) is 0. The molecule has 6 nitrogen and oxygen atoms in total. The van der Waals surface area contributed by atoms with Crippen LogP contribution in [0.5, 0.6) is 5.75 Å². The normalized spacial score (nSPS) is 11.1. The first kappa shape index (κ1) is 21.6. The number of benzene rings is 2. The lowest BCUT2D eigenvalue weighted by molar-refractivity contribution is 0.0525. The van der Waals surface area contributed by atoms with Crippen molar-refractivity contribution in [3.63, 3.8) is 0 Å². The quantitative estimate of drug-likeness (QED) is 0.376. The molecule has 0 radical (unpaired) electrons. The van der Waals surface area contributed by atoms with Gasteiger partial charge in [-0.05, 0) is 55.9 Å². The van der Waals surface area contributed by atoms with Crippen LogP contribution in [0.3, 0.4) is 0 Å². The monoisotopic (exact) mass is 429 g/mol. The van der Waals surface area contributed by atoms with Crippen molar-refractivity contribution in [1.82, 2.24) is 14.3 Å². The molecule has 2 aromatic carbocycles. The topological polar surface area (TPSA) is 56.1 Å². The summed E-state index contributed by atoms with van der Waals surface area (Å²) in [5, 5.41) is 0. The zero-order chi connectivity index (χ0) is 22.5. The van der Waals surface area contributed by atoms with E-state index in [0.29, 0.717) is 18.7 Å². The molecule has 0 spiro atoms. The minimum atomic E-state index is -0.335. The minimum absolute atomic E-state index is 0.335. The summed E-state index contributed by atoms with van der Waals surface area (Å²) >= 11 is 0. The van der Waals surface area contributed by atoms with Gasteiger partial charge < -0.3 is 13.9 Å². The summed E-state index contributed by atoms with van der Waals surface area (Å²) in [6.07, 6.45) is 1.82. The van der Waals surface area contributed by atoms with Crippen LogP contribution in [0.15, 0.2) is 72.9 Å². The number of imidazole rings is 1. The summed E-state index contributed by atoms with van der Waals surface area (Å²) in [7, 11) is 3.74. The van der Waals surface area contributed by atoms with Crippen molar-refractivity contribution in [3.8, 4) is 17.0 Å². The van der Waals surface area contributed by atoms with Gasteiger partial charge in [0.25, 0.3) is 0 Å². The van der Waals surface area contributed by atoms with Gasteiger partial charge in [0.2, 0.25) is 0 Å². The van der Waals surface area contributed by atoms with Crippen molar-refractivity contribution >= 4 is 11.6 Å². The average molecular weight is 430 g/mol. The highest BCUT2D eigenvalue weighted by Crippen LogP contribution is 2.28. The molecule has 0 aliphatic rings. The van der Waals surface area contributed by atoms with Gasteiger partial charge in [-0.15, -0.1) is 0 Å². The Morgan fingerprint density at radius 3 is 2.44 bits per heavy atom. The molecule has 0 aliphatic heterocycles. The van der Waals surface area contributed by atoms with Gasteiger partial charge in [-0.1, -0.05) is 30.3 Å². The molecular formula is C26H27N3O3. The van der Waals surface area contributed by atoms with E-state index in [9.17, 15) is 4.79 Å². The molecule has 0 aliphatic carbocycles. The van der Waals surface area contributed by atoms with Crippen LogP contribution < -0.4 is 4.74 Å². The number of carbonyl (C=O) groups is 1. The lowest BCUT2D eigenvalue weighted by atomic mass is 10.1. The van der Waals surface area contributed by atoms with Crippen LogP contribution in [0.2, 0.25) is 0 Å². The predicted octanol–water partition coefficient (Wildman–Crippen LogP) is 4.82. The van der Waals surface area contributed by atoms with E-state index in [-0.39, 0.29) is 5.97 Å². The molecule has 0 saturated carbocycles. The first-order valence-electron chi connectivity index (χ1n) is 10.6. The summed E-state index contributed by atoms with van der Waals surface area (Å²) in [5.41, 5.74) is 5.41. The highest BCUT2D eigenvalue weighted by Gasteiger charge is 2.18. The molecule has 0 saturated heterocycles. The van der Waals surface area contributed by atoms with Gasteiger partial charge in [-0.25, -0.2) is 9.78 Å². The lowest BCUT2D eigenvalue weighted by Gasteiger charge is -2.18. The number of ether oxygens (including phenoxy) is 2. The van der Waals surface area contributed by atoms with E-state index in [0.717, 1.165) is 34.9 Å². The predicted molar refractivity (Wildman–Crippen MR) is 125 cm³/mol. The molecule has 32 heavy (non-hydrogen) atoms. The molecule has 0 amide bonds. The molecule has 6 heteroatoms. The van der Waals surface area contributed by atoms with Gasteiger partial charge >= 0.3 is 5.97 Å². The number of methoxy groups -OCH3 is 1. The minimum Gasteiger partial charge on any atom is -0.497 e. The highest BCUT2D eigenvalue weighted by molar-refractivity contribution is 5.89. The number of fused-ring (bicyclic) bond motifs is 1. The Morgan fingerprint density at radius 1 is 1.00 bits per heavy atom. The third kappa shape index (κ3) is 4.65. The van der Waals surface area contributed by atoms with Gasteiger partial charge in [0.1, 0.15) is 11.4 Å². The second kappa shape index (κ2) is 9.66. The summed E-state index contributed by atoms with van der Waals surface area (Å²) in [6.45, 7) is 3.60. The average Bonchev–Trinajstić information content (AvgIpc) is 3.17. The smallest absolute Gasteiger partial charge is 0.339 e. The number of aromatic nitrogens is 2. The maximum Gasteiger partial charge on any atom is 0.339 e. The molecule has 0 fully saturated rings. The van der Waals surface area contributed by atoms with E-state index in [1.807, 2.05) is 59.1 Å². The van der Waals surface area contributed by atoms with E-state index in [1.165, 1.54) is 5.56 Å². The number of esters is 1. The second-order valence-corrected chi connectivity index (χ2v) is 7.66. The molecule has 4 aromatic rings. The molecule has 2 heterocycles. The summed E-state index contributed by atoms with van der Waals surface area (Å²) in [6, 6.07) is 21.9. The van der Waals surface area contributed by atoms with Crippen molar-refractivity contribution in [2.45, 2.75) is 20.0 Å². The van der Waals surface area contributed by atoms with E-state index < -0.39 is 0 Å². The van der Waals surface area contributed by atoms with E-state index in [1.54, 1.807) is 20.1 Å².